The van der Waals surface area contributed by atoms with Crippen molar-refractivity contribution in [2.75, 3.05) is 51.8 Å². The Hall–Kier alpha value is -3.23. The SMILES string of the molecule is COC(=O)c1ccc(C(=O)NC(=NCCN2CCOCC2)Nc2cccc(C)c2)cc1. The molecule has 0 bridgehead atoms. The van der Waals surface area contributed by atoms with Crippen LogP contribution in [0.25, 0.3) is 0 Å². The van der Waals surface area contributed by atoms with Gasteiger partial charge < -0.3 is 14.8 Å². The number of guanidine groups is 1. The fraction of sp³-hybridized carbons (Fsp3) is 0.348. The van der Waals surface area contributed by atoms with Gasteiger partial charge in [0.1, 0.15) is 0 Å². The van der Waals surface area contributed by atoms with Crippen molar-refractivity contribution in [2.45, 2.75) is 6.92 Å². The summed E-state index contributed by atoms with van der Waals surface area (Å²) in [4.78, 5) is 31.2. The van der Waals surface area contributed by atoms with Crippen LogP contribution < -0.4 is 10.6 Å². The number of anilines is 1. The van der Waals surface area contributed by atoms with Gasteiger partial charge in [0.05, 0.1) is 32.4 Å². The summed E-state index contributed by atoms with van der Waals surface area (Å²) < 4.78 is 10.1. The Morgan fingerprint density at radius 1 is 1.10 bits per heavy atom. The number of carbonyl (C=O) groups excluding carboxylic acids is 2. The molecule has 1 heterocycles. The molecule has 8 heteroatoms. The van der Waals surface area contributed by atoms with Crippen molar-refractivity contribution in [1.29, 1.82) is 0 Å². The number of carbonyl (C=O) groups is 2. The summed E-state index contributed by atoms with van der Waals surface area (Å²) >= 11 is 0. The predicted octanol–water partition coefficient (Wildman–Crippen LogP) is 2.31. The number of aliphatic imine (C=N–C) groups is 1. The average Bonchev–Trinajstić information content (AvgIpc) is 2.79. The van der Waals surface area contributed by atoms with Crippen molar-refractivity contribution in [3.05, 3.63) is 65.2 Å². The van der Waals surface area contributed by atoms with E-state index in [1.807, 2.05) is 31.2 Å². The largest absolute Gasteiger partial charge is 0.465 e. The Balaban J connectivity index is 1.69. The molecular formula is C23H28N4O4. The number of rotatable bonds is 6. The van der Waals surface area contributed by atoms with Crippen molar-refractivity contribution in [2.24, 2.45) is 4.99 Å². The Morgan fingerprint density at radius 2 is 1.81 bits per heavy atom. The van der Waals surface area contributed by atoms with Crippen LogP contribution in [0.1, 0.15) is 26.3 Å². The number of aryl methyl sites for hydroxylation is 1. The number of nitrogens with one attached hydrogen (secondary N) is 2. The zero-order valence-electron chi connectivity index (χ0n) is 17.9. The third-order valence-corrected chi connectivity index (χ3v) is 4.87. The molecule has 0 saturated carbocycles. The number of nitrogens with zero attached hydrogens (tertiary/aromatic N) is 2. The maximum Gasteiger partial charge on any atom is 0.337 e. The van der Waals surface area contributed by atoms with E-state index >= 15 is 0 Å². The van der Waals surface area contributed by atoms with Crippen LogP contribution in [0.15, 0.2) is 53.5 Å². The van der Waals surface area contributed by atoms with Crippen molar-refractivity contribution >= 4 is 23.5 Å². The van der Waals surface area contributed by atoms with Crippen molar-refractivity contribution in [1.82, 2.24) is 10.2 Å². The highest BCUT2D eigenvalue weighted by Gasteiger charge is 2.13. The molecule has 0 spiro atoms. The van der Waals surface area contributed by atoms with Crippen molar-refractivity contribution < 1.29 is 19.1 Å². The van der Waals surface area contributed by atoms with Gasteiger partial charge in [0.25, 0.3) is 5.91 Å². The lowest BCUT2D eigenvalue weighted by atomic mass is 10.1. The summed E-state index contributed by atoms with van der Waals surface area (Å²) in [6.45, 7) is 6.56. The lowest BCUT2D eigenvalue weighted by Gasteiger charge is -2.25. The van der Waals surface area contributed by atoms with Gasteiger partial charge in [-0.3, -0.25) is 20.0 Å². The van der Waals surface area contributed by atoms with Gasteiger partial charge in [0, 0.05) is 30.9 Å². The first-order chi connectivity index (χ1) is 15.0. The molecule has 0 aromatic heterocycles. The molecule has 2 N–H and O–H groups in total. The predicted molar refractivity (Wildman–Crippen MR) is 120 cm³/mol. The molecule has 1 aliphatic heterocycles. The zero-order valence-corrected chi connectivity index (χ0v) is 17.9. The molecule has 164 valence electrons. The number of morpholine rings is 1. The molecule has 2 aromatic carbocycles. The van der Waals surface area contributed by atoms with Gasteiger partial charge in [-0.1, -0.05) is 12.1 Å². The van der Waals surface area contributed by atoms with Gasteiger partial charge in [-0.25, -0.2) is 4.79 Å². The van der Waals surface area contributed by atoms with Gasteiger partial charge >= 0.3 is 5.97 Å². The Kier molecular flexibility index (Phi) is 8.14. The van der Waals surface area contributed by atoms with Crippen LogP contribution in [0.3, 0.4) is 0 Å². The highest BCUT2D eigenvalue weighted by Crippen LogP contribution is 2.10. The molecule has 2 aromatic rings. The monoisotopic (exact) mass is 424 g/mol. The summed E-state index contributed by atoms with van der Waals surface area (Å²) in [5, 5.41) is 6.04. The molecule has 0 aliphatic carbocycles. The van der Waals surface area contributed by atoms with Crippen LogP contribution in [0.5, 0.6) is 0 Å². The van der Waals surface area contributed by atoms with Crippen LogP contribution in [0, 0.1) is 6.92 Å². The summed E-state index contributed by atoms with van der Waals surface area (Å²) in [6, 6.07) is 14.1. The molecule has 1 amide bonds. The van der Waals surface area contributed by atoms with E-state index in [0.717, 1.165) is 44.1 Å². The van der Waals surface area contributed by atoms with E-state index in [0.29, 0.717) is 23.6 Å². The minimum absolute atomic E-state index is 0.318. The van der Waals surface area contributed by atoms with Crippen LogP contribution >= 0.6 is 0 Å². The van der Waals surface area contributed by atoms with E-state index in [1.54, 1.807) is 24.3 Å². The number of hydrogen-bond acceptors (Lipinski definition) is 6. The van der Waals surface area contributed by atoms with E-state index in [2.05, 4.69) is 20.5 Å². The number of esters is 1. The second-order valence-electron chi connectivity index (χ2n) is 7.20. The van der Waals surface area contributed by atoms with Gasteiger partial charge in [-0.2, -0.15) is 0 Å². The first kappa shape index (κ1) is 22.5. The zero-order chi connectivity index (χ0) is 22.1. The second kappa shape index (κ2) is 11.2. The average molecular weight is 425 g/mol. The smallest absolute Gasteiger partial charge is 0.337 e. The molecule has 8 nitrogen and oxygen atoms in total. The minimum Gasteiger partial charge on any atom is -0.465 e. The Bertz CT molecular complexity index is 921. The summed E-state index contributed by atoms with van der Waals surface area (Å²) in [7, 11) is 1.32. The van der Waals surface area contributed by atoms with Gasteiger partial charge in [-0.05, 0) is 48.9 Å². The first-order valence-electron chi connectivity index (χ1n) is 10.2. The summed E-state index contributed by atoms with van der Waals surface area (Å²) in [6.07, 6.45) is 0. The van der Waals surface area contributed by atoms with E-state index in [1.165, 1.54) is 7.11 Å². The van der Waals surface area contributed by atoms with E-state index < -0.39 is 5.97 Å². The van der Waals surface area contributed by atoms with E-state index in [-0.39, 0.29) is 5.91 Å². The van der Waals surface area contributed by atoms with E-state index in [4.69, 9.17) is 9.47 Å². The normalized spacial score (nSPS) is 14.7. The van der Waals surface area contributed by atoms with E-state index in [9.17, 15) is 9.59 Å². The fourth-order valence-corrected chi connectivity index (χ4v) is 3.15. The standard InChI is InChI=1S/C23H28N4O4/c1-17-4-3-5-20(16-17)25-23(24-10-11-27-12-14-31-15-13-27)26-21(28)18-6-8-19(9-7-18)22(29)30-2/h3-9,16H,10-15H2,1-2H3,(H2,24,25,26,28). The maximum absolute atomic E-state index is 12.8. The molecule has 1 fully saturated rings. The molecule has 3 rings (SSSR count). The molecule has 0 atom stereocenters. The third-order valence-electron chi connectivity index (χ3n) is 4.87. The topological polar surface area (TPSA) is 92.3 Å². The van der Waals surface area contributed by atoms with Gasteiger partial charge in [0.2, 0.25) is 5.96 Å². The van der Waals surface area contributed by atoms with Crippen LogP contribution in [0.2, 0.25) is 0 Å². The molecule has 0 unspecified atom stereocenters. The second-order valence-corrected chi connectivity index (χ2v) is 7.20. The lowest BCUT2D eigenvalue weighted by molar-refractivity contribution is 0.0394. The molecule has 1 aliphatic rings. The van der Waals surface area contributed by atoms with Crippen LogP contribution in [-0.4, -0.2) is 69.2 Å². The Morgan fingerprint density at radius 3 is 2.48 bits per heavy atom. The first-order valence-corrected chi connectivity index (χ1v) is 10.2. The highest BCUT2D eigenvalue weighted by atomic mass is 16.5. The summed E-state index contributed by atoms with van der Waals surface area (Å²) in [5.74, 6) is -0.388. The lowest BCUT2D eigenvalue weighted by Crippen LogP contribution is -2.39. The minimum atomic E-state index is -0.446. The molecule has 1 saturated heterocycles. The number of benzene rings is 2. The number of hydrogen-bond donors (Lipinski definition) is 2. The van der Waals surface area contributed by atoms with Gasteiger partial charge in [-0.15, -0.1) is 0 Å². The third kappa shape index (κ3) is 6.91. The van der Waals surface area contributed by atoms with Crippen molar-refractivity contribution in [3.63, 3.8) is 0 Å². The highest BCUT2D eigenvalue weighted by molar-refractivity contribution is 6.10. The van der Waals surface area contributed by atoms with Crippen LogP contribution in [0.4, 0.5) is 5.69 Å². The quantitative estimate of drug-likeness (QED) is 0.420. The maximum atomic E-state index is 12.8. The number of amides is 1. The molecule has 0 radical (unpaired) electrons. The van der Waals surface area contributed by atoms with Gasteiger partial charge in [0.15, 0.2) is 0 Å². The summed E-state index contributed by atoms with van der Waals surface area (Å²) in [5.41, 5.74) is 2.74. The number of methoxy groups -OCH3 is 1. The fourth-order valence-electron chi connectivity index (χ4n) is 3.15. The molecule has 31 heavy (non-hydrogen) atoms. The molecular weight excluding hydrogens is 396 g/mol. The Labute approximate surface area is 182 Å². The number of ether oxygens (including phenoxy) is 2. The van der Waals surface area contributed by atoms with Crippen LogP contribution in [-0.2, 0) is 9.47 Å². The van der Waals surface area contributed by atoms with Crippen molar-refractivity contribution in [3.8, 4) is 0 Å².